The molecule has 18 heavy (non-hydrogen) atoms. The summed E-state index contributed by atoms with van der Waals surface area (Å²) < 4.78 is 7.02. The van der Waals surface area contributed by atoms with Gasteiger partial charge in [0.2, 0.25) is 0 Å². The molecule has 0 saturated heterocycles. The lowest BCUT2D eigenvalue weighted by Gasteiger charge is -2.04. The number of halogens is 1. The minimum absolute atomic E-state index is 0.294. The van der Waals surface area contributed by atoms with E-state index in [0.29, 0.717) is 22.4 Å². The summed E-state index contributed by atoms with van der Waals surface area (Å²) in [5.41, 5.74) is 0.294. The highest BCUT2D eigenvalue weighted by atomic mass is 35.5. The van der Waals surface area contributed by atoms with Crippen LogP contribution in [0.15, 0.2) is 6.20 Å². The molecule has 1 aromatic rings. The zero-order valence-electron chi connectivity index (χ0n) is 11.5. The molecule has 0 radical (unpaired) electrons. The Morgan fingerprint density at radius 3 is 2.83 bits per heavy atom. The summed E-state index contributed by atoms with van der Waals surface area (Å²) in [7, 11) is 3.70. The van der Waals surface area contributed by atoms with Gasteiger partial charge in [-0.1, -0.05) is 25.4 Å². The summed E-state index contributed by atoms with van der Waals surface area (Å²) in [5.74, 6) is 2.21. The number of aromatic nitrogens is 2. The number of imidazole rings is 1. The quantitative estimate of drug-likeness (QED) is 0.805. The highest BCUT2D eigenvalue weighted by Crippen LogP contribution is 2.63. The predicted octanol–water partition coefficient (Wildman–Crippen LogP) is 2.05. The Morgan fingerprint density at radius 1 is 1.56 bits per heavy atom. The Kier molecular flexibility index (Phi) is 3.99. The van der Waals surface area contributed by atoms with Gasteiger partial charge in [0.1, 0.15) is 11.0 Å². The van der Waals surface area contributed by atoms with Crippen LogP contribution in [0.2, 0.25) is 5.15 Å². The molecule has 1 saturated carbocycles. The molecule has 2 rings (SSSR count). The van der Waals surface area contributed by atoms with Gasteiger partial charge in [-0.25, -0.2) is 4.98 Å². The normalized spacial score (nSPS) is 25.4. The van der Waals surface area contributed by atoms with Gasteiger partial charge in [0.15, 0.2) is 0 Å². The van der Waals surface area contributed by atoms with Crippen LogP contribution < -0.4 is 5.32 Å². The number of nitrogens with zero attached hydrogens (tertiary/aromatic N) is 2. The molecule has 2 unspecified atom stereocenters. The Morgan fingerprint density at radius 2 is 2.28 bits per heavy atom. The first-order chi connectivity index (χ1) is 8.50. The van der Waals surface area contributed by atoms with Gasteiger partial charge in [-0.15, -0.1) is 0 Å². The lowest BCUT2D eigenvalue weighted by atomic mass is 10.1. The number of methoxy groups -OCH3 is 1. The van der Waals surface area contributed by atoms with Crippen LogP contribution >= 0.6 is 11.6 Å². The lowest BCUT2D eigenvalue weighted by Crippen LogP contribution is -2.23. The topological polar surface area (TPSA) is 39.1 Å². The van der Waals surface area contributed by atoms with Gasteiger partial charge in [-0.2, -0.15) is 0 Å². The van der Waals surface area contributed by atoms with E-state index in [2.05, 4.69) is 24.1 Å². The monoisotopic (exact) mass is 271 g/mol. The molecular formula is C13H22ClN3O. The molecule has 2 atom stereocenters. The van der Waals surface area contributed by atoms with Crippen LogP contribution in [0, 0.1) is 11.3 Å². The number of rotatable bonds is 6. The van der Waals surface area contributed by atoms with Crippen molar-refractivity contribution in [1.29, 1.82) is 0 Å². The first-order valence-corrected chi connectivity index (χ1v) is 6.74. The average Bonchev–Trinajstić information content (AvgIpc) is 2.70. The molecule has 0 aliphatic heterocycles. The van der Waals surface area contributed by atoms with E-state index in [9.17, 15) is 0 Å². The largest absolute Gasteiger partial charge is 0.383 e. The predicted molar refractivity (Wildman–Crippen MR) is 73.0 cm³/mol. The van der Waals surface area contributed by atoms with Crippen molar-refractivity contribution >= 4 is 11.6 Å². The van der Waals surface area contributed by atoms with Gasteiger partial charge < -0.3 is 14.6 Å². The van der Waals surface area contributed by atoms with Crippen LogP contribution in [-0.4, -0.2) is 36.4 Å². The fourth-order valence-electron chi connectivity index (χ4n) is 2.76. The van der Waals surface area contributed by atoms with E-state index in [0.717, 1.165) is 25.5 Å². The second-order valence-corrected chi connectivity index (χ2v) is 5.99. The summed E-state index contributed by atoms with van der Waals surface area (Å²) in [4.78, 5) is 4.45. The van der Waals surface area contributed by atoms with E-state index in [1.165, 1.54) is 0 Å². The van der Waals surface area contributed by atoms with Gasteiger partial charge in [0.05, 0.1) is 12.8 Å². The molecule has 4 nitrogen and oxygen atoms in total. The minimum atomic E-state index is 0.294. The van der Waals surface area contributed by atoms with Crippen molar-refractivity contribution in [3.8, 4) is 0 Å². The van der Waals surface area contributed by atoms with Crippen molar-refractivity contribution in [2.75, 3.05) is 26.8 Å². The zero-order chi connectivity index (χ0) is 13.3. The Bertz CT molecular complexity index is 416. The van der Waals surface area contributed by atoms with Crippen LogP contribution in [-0.2, 0) is 11.8 Å². The second kappa shape index (κ2) is 5.19. The molecule has 1 fully saturated rings. The Hall–Kier alpha value is -0.580. The summed E-state index contributed by atoms with van der Waals surface area (Å²) in [6, 6.07) is 0. The molecule has 1 N–H and O–H groups in total. The summed E-state index contributed by atoms with van der Waals surface area (Å²) in [6.07, 6.45) is 1.74. The summed E-state index contributed by atoms with van der Waals surface area (Å²) in [6.45, 7) is 7.25. The van der Waals surface area contributed by atoms with Crippen molar-refractivity contribution in [3.05, 3.63) is 17.2 Å². The van der Waals surface area contributed by atoms with Crippen LogP contribution in [0.4, 0.5) is 0 Å². The molecule has 0 bridgehead atoms. The standard InChI is InChI=1S/C13H22ClN3O/c1-13(2)9(7-15-5-6-18-4)11(13)12-16-8-10(14)17(12)3/h8-9,11,15H,5-7H2,1-4H3. The number of ether oxygens (including phenoxy) is 1. The smallest absolute Gasteiger partial charge is 0.128 e. The molecule has 0 amide bonds. The Labute approximate surface area is 114 Å². The van der Waals surface area contributed by atoms with Crippen molar-refractivity contribution in [2.24, 2.45) is 18.4 Å². The maximum Gasteiger partial charge on any atom is 0.128 e. The van der Waals surface area contributed by atoms with E-state index in [1.807, 2.05) is 11.6 Å². The lowest BCUT2D eigenvalue weighted by molar-refractivity contribution is 0.198. The van der Waals surface area contributed by atoms with Gasteiger partial charge in [-0.05, 0) is 17.9 Å². The van der Waals surface area contributed by atoms with Crippen LogP contribution in [0.3, 0.4) is 0 Å². The van der Waals surface area contributed by atoms with E-state index >= 15 is 0 Å². The third-order valence-corrected chi connectivity index (χ3v) is 4.49. The van der Waals surface area contributed by atoms with Crippen molar-refractivity contribution in [3.63, 3.8) is 0 Å². The molecule has 0 spiro atoms. The molecule has 1 heterocycles. The molecule has 1 aromatic heterocycles. The zero-order valence-corrected chi connectivity index (χ0v) is 12.3. The Balaban J connectivity index is 1.96. The van der Waals surface area contributed by atoms with Crippen molar-refractivity contribution < 1.29 is 4.74 Å². The van der Waals surface area contributed by atoms with E-state index in [4.69, 9.17) is 16.3 Å². The molecule has 1 aliphatic carbocycles. The molecule has 5 heteroatoms. The van der Waals surface area contributed by atoms with Crippen LogP contribution in [0.5, 0.6) is 0 Å². The highest BCUT2D eigenvalue weighted by Gasteiger charge is 2.59. The molecule has 0 aromatic carbocycles. The molecule has 1 aliphatic rings. The van der Waals surface area contributed by atoms with E-state index in [-0.39, 0.29) is 0 Å². The molecule has 102 valence electrons. The van der Waals surface area contributed by atoms with Crippen molar-refractivity contribution in [2.45, 2.75) is 19.8 Å². The van der Waals surface area contributed by atoms with Crippen LogP contribution in [0.25, 0.3) is 0 Å². The summed E-state index contributed by atoms with van der Waals surface area (Å²) in [5, 5.41) is 4.14. The van der Waals surface area contributed by atoms with E-state index < -0.39 is 0 Å². The maximum absolute atomic E-state index is 6.06. The number of hydrogen-bond donors (Lipinski definition) is 1. The maximum atomic E-state index is 6.06. The van der Waals surface area contributed by atoms with Gasteiger partial charge >= 0.3 is 0 Å². The summed E-state index contributed by atoms with van der Waals surface area (Å²) >= 11 is 6.06. The fourth-order valence-corrected chi connectivity index (χ4v) is 2.90. The first-order valence-electron chi connectivity index (χ1n) is 6.37. The highest BCUT2D eigenvalue weighted by molar-refractivity contribution is 6.29. The first kappa shape index (κ1) is 13.8. The second-order valence-electron chi connectivity index (χ2n) is 5.60. The van der Waals surface area contributed by atoms with E-state index in [1.54, 1.807) is 13.3 Å². The van der Waals surface area contributed by atoms with Gasteiger partial charge in [-0.3, -0.25) is 0 Å². The van der Waals surface area contributed by atoms with Crippen LogP contribution in [0.1, 0.15) is 25.6 Å². The minimum Gasteiger partial charge on any atom is -0.383 e. The van der Waals surface area contributed by atoms with Crippen molar-refractivity contribution in [1.82, 2.24) is 14.9 Å². The third kappa shape index (κ3) is 2.42. The fraction of sp³-hybridized carbons (Fsp3) is 0.769. The van der Waals surface area contributed by atoms with Gasteiger partial charge in [0.25, 0.3) is 0 Å². The molecular weight excluding hydrogens is 250 g/mol. The van der Waals surface area contributed by atoms with Gasteiger partial charge in [0, 0.05) is 26.6 Å². The number of hydrogen-bond acceptors (Lipinski definition) is 3. The number of nitrogens with one attached hydrogen (secondary N) is 1. The third-order valence-electron chi connectivity index (χ3n) is 4.14. The SMILES string of the molecule is COCCNCC1C(c2ncc(Cl)n2C)C1(C)C. The average molecular weight is 272 g/mol.